The summed E-state index contributed by atoms with van der Waals surface area (Å²) in [5.74, 6) is 0.481. The molecule has 7 heteroatoms. The Morgan fingerprint density at radius 2 is 1.57 bits per heavy atom. The van der Waals surface area contributed by atoms with Gasteiger partial charge >= 0.3 is 5.97 Å². The fourth-order valence-corrected chi connectivity index (χ4v) is 2.65. The van der Waals surface area contributed by atoms with Gasteiger partial charge in [-0.2, -0.15) is 0 Å². The maximum atomic E-state index is 12.2. The van der Waals surface area contributed by atoms with Crippen LogP contribution in [0.25, 0.3) is 6.08 Å². The number of methoxy groups -OCH3 is 3. The Bertz CT molecular complexity index is 905. The van der Waals surface area contributed by atoms with Gasteiger partial charge in [-0.1, -0.05) is 29.8 Å². The van der Waals surface area contributed by atoms with E-state index in [-0.39, 0.29) is 5.91 Å². The predicted octanol–water partition coefficient (Wildman–Crippen LogP) is 3.28. The third-order valence-corrected chi connectivity index (χ3v) is 4.38. The molecule has 7 nitrogen and oxygen atoms in total. The van der Waals surface area contributed by atoms with Crippen molar-refractivity contribution >= 4 is 18.0 Å². The van der Waals surface area contributed by atoms with E-state index in [1.54, 1.807) is 12.1 Å². The maximum absolute atomic E-state index is 12.2. The number of nitrogens with one attached hydrogen (secondary N) is 1. The quantitative estimate of drug-likeness (QED) is 0.502. The molecule has 2 aromatic rings. The lowest BCUT2D eigenvalue weighted by Gasteiger charge is -2.13. The lowest BCUT2D eigenvalue weighted by Crippen LogP contribution is -2.35. The van der Waals surface area contributed by atoms with Crippen LogP contribution in [0.4, 0.5) is 0 Å². The standard InChI is InChI=1S/C23H27NO6/c1-15-6-8-17(9-7-15)14-24-23(26)16(2)30-22(25)11-10-18-12-20(28-4)21(29-5)13-19(18)27-3/h6-13,16H,14H2,1-5H3,(H,24,26)/b11-10+/t16-/m0/s1. The molecule has 0 saturated carbocycles. The number of benzene rings is 2. The summed E-state index contributed by atoms with van der Waals surface area (Å²) in [6.07, 6.45) is 1.83. The van der Waals surface area contributed by atoms with Gasteiger partial charge in [-0.05, 0) is 31.6 Å². The van der Waals surface area contributed by atoms with Crippen molar-refractivity contribution in [1.29, 1.82) is 0 Å². The highest BCUT2D eigenvalue weighted by atomic mass is 16.5. The van der Waals surface area contributed by atoms with E-state index in [1.165, 1.54) is 40.4 Å². The molecule has 1 N–H and O–H groups in total. The Morgan fingerprint density at radius 3 is 2.17 bits per heavy atom. The number of amides is 1. The van der Waals surface area contributed by atoms with E-state index in [0.29, 0.717) is 29.4 Å². The van der Waals surface area contributed by atoms with Crippen molar-refractivity contribution in [2.45, 2.75) is 26.5 Å². The van der Waals surface area contributed by atoms with Gasteiger partial charge in [0.1, 0.15) is 5.75 Å². The minimum atomic E-state index is -0.931. The van der Waals surface area contributed by atoms with Crippen molar-refractivity contribution in [1.82, 2.24) is 5.32 Å². The zero-order valence-electron chi connectivity index (χ0n) is 17.9. The molecule has 0 saturated heterocycles. The van der Waals surface area contributed by atoms with Crippen LogP contribution in [0.15, 0.2) is 42.5 Å². The largest absolute Gasteiger partial charge is 0.496 e. The summed E-state index contributed by atoms with van der Waals surface area (Å²) in [7, 11) is 4.55. The summed E-state index contributed by atoms with van der Waals surface area (Å²) in [6, 6.07) is 11.2. The van der Waals surface area contributed by atoms with Gasteiger partial charge in [-0.25, -0.2) is 4.79 Å². The van der Waals surface area contributed by atoms with Gasteiger partial charge in [-0.15, -0.1) is 0 Å². The molecule has 1 amide bonds. The van der Waals surface area contributed by atoms with Crippen LogP contribution < -0.4 is 19.5 Å². The van der Waals surface area contributed by atoms with E-state index in [4.69, 9.17) is 18.9 Å². The van der Waals surface area contributed by atoms with Crippen LogP contribution in [0.2, 0.25) is 0 Å². The highest BCUT2D eigenvalue weighted by Crippen LogP contribution is 2.35. The molecule has 2 rings (SSSR count). The van der Waals surface area contributed by atoms with Gasteiger partial charge in [0, 0.05) is 24.3 Å². The van der Waals surface area contributed by atoms with Crippen LogP contribution in [0, 0.1) is 6.92 Å². The van der Waals surface area contributed by atoms with Gasteiger partial charge in [-0.3, -0.25) is 4.79 Å². The number of aryl methyl sites for hydroxylation is 1. The highest BCUT2D eigenvalue weighted by molar-refractivity contribution is 5.90. The van der Waals surface area contributed by atoms with E-state index in [2.05, 4.69) is 5.32 Å². The second-order valence-corrected chi connectivity index (χ2v) is 6.56. The number of hydrogen-bond acceptors (Lipinski definition) is 6. The summed E-state index contributed by atoms with van der Waals surface area (Å²) in [5.41, 5.74) is 2.71. The normalized spacial score (nSPS) is 11.6. The summed E-state index contributed by atoms with van der Waals surface area (Å²) in [6.45, 7) is 3.88. The smallest absolute Gasteiger partial charge is 0.331 e. The number of ether oxygens (including phenoxy) is 4. The van der Waals surface area contributed by atoms with Crippen LogP contribution in [0.5, 0.6) is 17.2 Å². The van der Waals surface area contributed by atoms with Crippen molar-refractivity contribution in [3.8, 4) is 17.2 Å². The number of carbonyl (C=O) groups excluding carboxylic acids is 2. The highest BCUT2D eigenvalue weighted by Gasteiger charge is 2.16. The molecule has 0 spiro atoms. The van der Waals surface area contributed by atoms with E-state index in [1.807, 2.05) is 31.2 Å². The first-order valence-corrected chi connectivity index (χ1v) is 9.40. The van der Waals surface area contributed by atoms with Gasteiger partial charge < -0.3 is 24.3 Å². The fourth-order valence-electron chi connectivity index (χ4n) is 2.65. The van der Waals surface area contributed by atoms with E-state index in [9.17, 15) is 9.59 Å². The molecule has 0 radical (unpaired) electrons. The topological polar surface area (TPSA) is 83.1 Å². The van der Waals surface area contributed by atoms with Crippen molar-refractivity contribution in [2.75, 3.05) is 21.3 Å². The Morgan fingerprint density at radius 1 is 0.967 bits per heavy atom. The molecular formula is C23H27NO6. The lowest BCUT2D eigenvalue weighted by molar-refractivity contribution is -0.150. The SMILES string of the molecule is COc1cc(OC)c(OC)cc1/C=C/C(=O)O[C@@H](C)C(=O)NCc1ccc(C)cc1. The second kappa shape index (κ2) is 10.9. The van der Waals surface area contributed by atoms with Crippen molar-refractivity contribution in [3.05, 3.63) is 59.2 Å². The molecule has 30 heavy (non-hydrogen) atoms. The number of esters is 1. The zero-order valence-corrected chi connectivity index (χ0v) is 17.9. The molecule has 2 aromatic carbocycles. The average molecular weight is 413 g/mol. The Hall–Kier alpha value is -3.48. The summed E-state index contributed by atoms with van der Waals surface area (Å²) < 4.78 is 21.0. The van der Waals surface area contributed by atoms with Gasteiger partial charge in [0.2, 0.25) is 0 Å². The number of rotatable bonds is 9. The zero-order chi connectivity index (χ0) is 22.1. The van der Waals surface area contributed by atoms with Crippen LogP contribution in [-0.4, -0.2) is 39.3 Å². The average Bonchev–Trinajstić information content (AvgIpc) is 2.76. The summed E-state index contributed by atoms with van der Waals surface area (Å²) in [4.78, 5) is 24.3. The Labute approximate surface area is 176 Å². The predicted molar refractivity (Wildman–Crippen MR) is 114 cm³/mol. The molecule has 0 aromatic heterocycles. The molecule has 160 valence electrons. The third kappa shape index (κ3) is 6.27. The Kier molecular flexibility index (Phi) is 8.29. The minimum absolute atomic E-state index is 0.361. The molecule has 0 bridgehead atoms. The molecule has 0 aliphatic rings. The van der Waals surface area contributed by atoms with Crippen LogP contribution in [-0.2, 0) is 20.9 Å². The van der Waals surface area contributed by atoms with E-state index >= 15 is 0 Å². The molecule has 0 aliphatic heterocycles. The van der Waals surface area contributed by atoms with E-state index in [0.717, 1.165) is 11.1 Å². The number of carbonyl (C=O) groups is 2. The molecular weight excluding hydrogens is 386 g/mol. The van der Waals surface area contributed by atoms with Gasteiger partial charge in [0.25, 0.3) is 5.91 Å². The van der Waals surface area contributed by atoms with Crippen molar-refractivity contribution < 1.29 is 28.5 Å². The monoisotopic (exact) mass is 413 g/mol. The third-order valence-electron chi connectivity index (χ3n) is 4.38. The van der Waals surface area contributed by atoms with Crippen molar-refractivity contribution in [3.63, 3.8) is 0 Å². The van der Waals surface area contributed by atoms with Crippen molar-refractivity contribution in [2.24, 2.45) is 0 Å². The maximum Gasteiger partial charge on any atom is 0.331 e. The molecule has 0 heterocycles. The van der Waals surface area contributed by atoms with Gasteiger partial charge in [0.05, 0.1) is 21.3 Å². The van der Waals surface area contributed by atoms with E-state index < -0.39 is 12.1 Å². The molecule has 0 fully saturated rings. The molecule has 0 aliphatic carbocycles. The van der Waals surface area contributed by atoms with Crippen LogP contribution in [0.1, 0.15) is 23.6 Å². The molecule has 0 unspecified atom stereocenters. The minimum Gasteiger partial charge on any atom is -0.496 e. The molecule has 1 atom stereocenters. The lowest BCUT2D eigenvalue weighted by atomic mass is 10.1. The number of hydrogen-bond donors (Lipinski definition) is 1. The summed E-state index contributed by atoms with van der Waals surface area (Å²) in [5, 5.41) is 2.75. The Balaban J connectivity index is 1.96. The second-order valence-electron chi connectivity index (χ2n) is 6.56. The van der Waals surface area contributed by atoms with Crippen LogP contribution >= 0.6 is 0 Å². The summed E-state index contributed by atoms with van der Waals surface area (Å²) >= 11 is 0. The first-order chi connectivity index (χ1) is 14.4. The first kappa shape index (κ1) is 22.8. The fraction of sp³-hybridized carbons (Fsp3) is 0.304. The first-order valence-electron chi connectivity index (χ1n) is 9.40. The van der Waals surface area contributed by atoms with Gasteiger partial charge in [0.15, 0.2) is 17.6 Å². The van der Waals surface area contributed by atoms with Crippen LogP contribution in [0.3, 0.4) is 0 Å².